The van der Waals surface area contributed by atoms with Gasteiger partial charge < -0.3 is 9.15 Å². The van der Waals surface area contributed by atoms with Gasteiger partial charge in [-0.3, -0.25) is 0 Å². The van der Waals surface area contributed by atoms with Crippen LogP contribution in [0.15, 0.2) is 81.0 Å². The molecule has 35 heavy (non-hydrogen) atoms. The number of hydrogen-bond donors (Lipinski definition) is 0. The van der Waals surface area contributed by atoms with E-state index in [-0.39, 0.29) is 17.5 Å². The molecule has 6 heteroatoms. The summed E-state index contributed by atoms with van der Waals surface area (Å²) < 4.78 is 14.8. The van der Waals surface area contributed by atoms with Crippen LogP contribution in [0.1, 0.15) is 36.6 Å². The van der Waals surface area contributed by atoms with E-state index in [9.17, 15) is 4.79 Å². The van der Waals surface area contributed by atoms with Gasteiger partial charge in [-0.1, -0.05) is 48.5 Å². The van der Waals surface area contributed by atoms with Crippen LogP contribution in [0, 0.1) is 12.8 Å². The molecule has 174 valence electrons. The van der Waals surface area contributed by atoms with E-state index in [1.165, 1.54) is 0 Å². The first kappa shape index (κ1) is 20.8. The van der Waals surface area contributed by atoms with Crippen LogP contribution in [0.3, 0.4) is 0 Å². The second-order valence-electron chi connectivity index (χ2n) is 9.95. The molecule has 0 saturated heterocycles. The Hall–Kier alpha value is -3.51. The standard InChI is InChI=1S/C29H24N2O3S/c1-16-22-23-21(15-35-27(22)31(30-16)18-10-5-4-6-11-18)29(2,3)34-26-20-14-13-17-9-7-8-12-19(17)25(20)33-28(32)24(23)26/h4-14,21,23H,15H2,1-3H3/t21-,23-/m0/s1. The summed E-state index contributed by atoms with van der Waals surface area (Å²) in [5.74, 6) is 1.45. The van der Waals surface area contributed by atoms with Gasteiger partial charge in [-0.25, -0.2) is 9.48 Å². The Labute approximate surface area is 206 Å². The number of aryl methyl sites for hydroxylation is 1. The molecule has 0 unspecified atom stereocenters. The molecule has 7 rings (SSSR count). The third kappa shape index (κ3) is 2.89. The highest BCUT2D eigenvalue weighted by molar-refractivity contribution is 7.99. The molecule has 0 saturated carbocycles. The lowest BCUT2D eigenvalue weighted by molar-refractivity contribution is 0.0268. The lowest BCUT2D eigenvalue weighted by Crippen LogP contribution is -2.49. The van der Waals surface area contributed by atoms with Crippen LogP contribution in [-0.2, 0) is 0 Å². The number of nitrogens with zero attached hydrogens (tertiary/aromatic N) is 2. The molecule has 5 aromatic rings. The minimum atomic E-state index is -0.462. The molecular formula is C29H24N2O3S. The van der Waals surface area contributed by atoms with Crippen LogP contribution >= 0.6 is 11.8 Å². The largest absolute Gasteiger partial charge is 0.486 e. The van der Waals surface area contributed by atoms with E-state index in [4.69, 9.17) is 14.3 Å². The summed E-state index contributed by atoms with van der Waals surface area (Å²) in [6.07, 6.45) is 0. The molecule has 0 amide bonds. The van der Waals surface area contributed by atoms with Crippen molar-refractivity contribution in [2.75, 3.05) is 5.75 Å². The van der Waals surface area contributed by atoms with Crippen LogP contribution in [0.25, 0.3) is 27.4 Å². The van der Waals surface area contributed by atoms with Gasteiger partial charge in [-0.05, 0) is 44.4 Å². The molecule has 0 N–H and O–H groups in total. The van der Waals surface area contributed by atoms with Gasteiger partial charge in [0.2, 0.25) is 0 Å². The third-order valence-corrected chi connectivity index (χ3v) is 8.72. The smallest absolute Gasteiger partial charge is 0.343 e. The van der Waals surface area contributed by atoms with E-state index in [1.54, 1.807) is 11.8 Å². The third-order valence-electron chi connectivity index (χ3n) is 7.53. The van der Waals surface area contributed by atoms with E-state index >= 15 is 0 Å². The summed E-state index contributed by atoms with van der Waals surface area (Å²) in [6.45, 7) is 6.31. The Morgan fingerprint density at radius 1 is 0.971 bits per heavy atom. The molecule has 2 aromatic heterocycles. The van der Waals surface area contributed by atoms with Gasteiger partial charge in [-0.15, -0.1) is 11.8 Å². The fraction of sp³-hybridized carbons (Fsp3) is 0.241. The number of aromatic nitrogens is 2. The van der Waals surface area contributed by atoms with Crippen LogP contribution in [0.4, 0.5) is 0 Å². The maximum Gasteiger partial charge on any atom is 0.343 e. The van der Waals surface area contributed by atoms with E-state index in [0.717, 1.165) is 43.9 Å². The SMILES string of the molecule is Cc1nn(-c2ccccc2)c2c1[C@H]1c3c(c4ccc5ccccc5c4oc3=O)OC(C)(C)[C@H]1CS2. The maximum absolute atomic E-state index is 13.7. The quantitative estimate of drug-likeness (QED) is 0.203. The van der Waals surface area contributed by atoms with Crippen molar-refractivity contribution in [3.63, 3.8) is 0 Å². The average molecular weight is 481 g/mol. The first-order valence-corrected chi connectivity index (χ1v) is 12.9. The van der Waals surface area contributed by atoms with Crippen LogP contribution in [0.5, 0.6) is 5.75 Å². The molecule has 0 bridgehead atoms. The molecule has 5 nitrogen and oxygen atoms in total. The van der Waals surface area contributed by atoms with Gasteiger partial charge in [0, 0.05) is 28.5 Å². The second kappa shape index (κ2) is 7.25. The highest BCUT2D eigenvalue weighted by Gasteiger charge is 2.51. The number of rotatable bonds is 1. The van der Waals surface area contributed by atoms with Gasteiger partial charge in [-0.2, -0.15) is 5.10 Å². The maximum atomic E-state index is 13.7. The van der Waals surface area contributed by atoms with Crippen LogP contribution in [0.2, 0.25) is 0 Å². The summed E-state index contributed by atoms with van der Waals surface area (Å²) in [4.78, 5) is 13.7. The topological polar surface area (TPSA) is 57.3 Å². The predicted molar refractivity (Wildman–Crippen MR) is 139 cm³/mol. The Bertz CT molecular complexity index is 1700. The zero-order valence-electron chi connectivity index (χ0n) is 19.7. The molecule has 3 aromatic carbocycles. The van der Waals surface area contributed by atoms with E-state index < -0.39 is 5.60 Å². The normalized spacial score (nSPS) is 20.2. The zero-order valence-corrected chi connectivity index (χ0v) is 20.6. The van der Waals surface area contributed by atoms with Crippen molar-refractivity contribution in [2.45, 2.75) is 37.3 Å². The van der Waals surface area contributed by atoms with Gasteiger partial charge >= 0.3 is 5.63 Å². The number of hydrogen-bond acceptors (Lipinski definition) is 5. The van der Waals surface area contributed by atoms with Crippen molar-refractivity contribution in [1.82, 2.24) is 9.78 Å². The molecule has 2 aliphatic rings. The van der Waals surface area contributed by atoms with Gasteiger partial charge in [0.25, 0.3) is 0 Å². The molecule has 0 aliphatic carbocycles. The Morgan fingerprint density at radius 2 is 1.74 bits per heavy atom. The van der Waals surface area contributed by atoms with E-state index in [2.05, 4.69) is 32.0 Å². The van der Waals surface area contributed by atoms with Crippen molar-refractivity contribution in [3.8, 4) is 11.4 Å². The van der Waals surface area contributed by atoms with Crippen molar-refractivity contribution in [3.05, 3.63) is 94.0 Å². The first-order valence-electron chi connectivity index (χ1n) is 11.9. The molecule has 0 radical (unpaired) electrons. The fourth-order valence-electron chi connectivity index (χ4n) is 5.81. The van der Waals surface area contributed by atoms with Crippen molar-refractivity contribution in [2.24, 2.45) is 5.92 Å². The van der Waals surface area contributed by atoms with Crippen molar-refractivity contribution >= 4 is 33.5 Å². The summed E-state index contributed by atoms with van der Waals surface area (Å²) in [6, 6.07) is 22.2. The minimum Gasteiger partial charge on any atom is -0.486 e. The number of benzene rings is 3. The van der Waals surface area contributed by atoms with E-state index in [0.29, 0.717) is 16.9 Å². The Balaban J connectivity index is 1.54. The molecule has 2 aliphatic heterocycles. The summed E-state index contributed by atoms with van der Waals surface area (Å²) >= 11 is 1.79. The van der Waals surface area contributed by atoms with Gasteiger partial charge in [0.15, 0.2) is 0 Å². The number of fused-ring (bicyclic) bond motifs is 9. The number of ether oxygens (including phenoxy) is 1. The molecule has 0 fully saturated rings. The molecule has 4 heterocycles. The summed E-state index contributed by atoms with van der Waals surface area (Å²) in [5.41, 5.74) is 3.49. The number of para-hydroxylation sites is 1. The predicted octanol–water partition coefficient (Wildman–Crippen LogP) is 6.47. The lowest BCUT2D eigenvalue weighted by atomic mass is 9.72. The Morgan fingerprint density at radius 3 is 2.57 bits per heavy atom. The highest BCUT2D eigenvalue weighted by Crippen LogP contribution is 2.56. The average Bonchev–Trinajstić information content (AvgIpc) is 3.21. The van der Waals surface area contributed by atoms with Crippen molar-refractivity contribution < 1.29 is 9.15 Å². The van der Waals surface area contributed by atoms with Gasteiger partial charge in [0.1, 0.15) is 22.0 Å². The van der Waals surface area contributed by atoms with Gasteiger partial charge in [0.05, 0.1) is 22.3 Å². The first-order chi connectivity index (χ1) is 16.9. The van der Waals surface area contributed by atoms with E-state index in [1.807, 2.05) is 60.1 Å². The Kier molecular flexibility index (Phi) is 4.31. The number of thioether (sulfide) groups is 1. The monoisotopic (exact) mass is 480 g/mol. The minimum absolute atomic E-state index is 0.112. The van der Waals surface area contributed by atoms with Crippen LogP contribution in [-0.4, -0.2) is 21.1 Å². The molecular weight excluding hydrogens is 456 g/mol. The molecule has 2 atom stereocenters. The lowest BCUT2D eigenvalue weighted by Gasteiger charge is -2.46. The summed E-state index contributed by atoms with van der Waals surface area (Å²) in [5, 5.41) is 8.82. The fourth-order valence-corrected chi connectivity index (χ4v) is 7.44. The molecule has 0 spiro atoms. The zero-order chi connectivity index (χ0) is 23.9. The highest BCUT2D eigenvalue weighted by atomic mass is 32.2. The van der Waals surface area contributed by atoms with Crippen LogP contribution < -0.4 is 10.4 Å². The second-order valence-corrected chi connectivity index (χ2v) is 11.0. The summed E-state index contributed by atoms with van der Waals surface area (Å²) in [7, 11) is 0. The van der Waals surface area contributed by atoms with Crippen molar-refractivity contribution in [1.29, 1.82) is 0 Å².